The molecule has 0 fully saturated rings. The predicted octanol–water partition coefficient (Wildman–Crippen LogP) is 2.86. The first-order valence-electron chi connectivity index (χ1n) is 7.90. The van der Waals surface area contributed by atoms with Gasteiger partial charge in [0.25, 0.3) is 0 Å². The molecule has 1 aromatic rings. The van der Waals surface area contributed by atoms with Crippen molar-refractivity contribution in [3.05, 3.63) is 42.0 Å². The monoisotopic (exact) mass is 340 g/mol. The van der Waals surface area contributed by atoms with Crippen molar-refractivity contribution in [2.45, 2.75) is 31.9 Å². The summed E-state index contributed by atoms with van der Waals surface area (Å²) >= 11 is 0. The van der Waals surface area contributed by atoms with Crippen molar-refractivity contribution in [3.8, 4) is 5.75 Å². The lowest BCUT2D eigenvalue weighted by Gasteiger charge is -2.29. The molecular formula is C17H22F2N2O3. The summed E-state index contributed by atoms with van der Waals surface area (Å²) in [6, 6.07) is 4.35. The zero-order valence-corrected chi connectivity index (χ0v) is 13.4. The molecule has 1 aromatic carbocycles. The molecule has 132 valence electrons. The number of hydrogen-bond donors (Lipinski definition) is 2. The summed E-state index contributed by atoms with van der Waals surface area (Å²) in [5, 5.41) is 12.0. The summed E-state index contributed by atoms with van der Waals surface area (Å²) in [5.74, 6) is 0.129. The summed E-state index contributed by atoms with van der Waals surface area (Å²) in [6.07, 6.45) is 3.97. The molecule has 0 aromatic heterocycles. The van der Waals surface area contributed by atoms with Crippen LogP contribution in [0.3, 0.4) is 0 Å². The molecule has 2 N–H and O–H groups in total. The van der Waals surface area contributed by atoms with Gasteiger partial charge in [0.2, 0.25) is 0 Å². The second kappa shape index (κ2) is 8.63. The second-order valence-corrected chi connectivity index (χ2v) is 5.59. The number of nitrogens with zero attached hydrogens (tertiary/aromatic N) is 1. The number of carbonyl (C=O) groups is 1. The Morgan fingerprint density at radius 3 is 3.00 bits per heavy atom. The van der Waals surface area contributed by atoms with E-state index in [2.05, 4.69) is 16.6 Å². The topological polar surface area (TPSA) is 61.8 Å². The molecule has 24 heavy (non-hydrogen) atoms. The summed E-state index contributed by atoms with van der Waals surface area (Å²) in [7, 11) is 0. The smallest absolute Gasteiger partial charge is 0.387 e. The van der Waals surface area contributed by atoms with Gasteiger partial charge in [0.15, 0.2) is 0 Å². The molecular weight excluding hydrogens is 318 g/mol. The number of urea groups is 1. The first-order chi connectivity index (χ1) is 11.5. The summed E-state index contributed by atoms with van der Waals surface area (Å²) in [4.78, 5) is 13.8. The molecule has 2 amide bonds. The van der Waals surface area contributed by atoms with Gasteiger partial charge in [-0.3, -0.25) is 0 Å². The van der Waals surface area contributed by atoms with E-state index in [4.69, 9.17) is 5.11 Å². The van der Waals surface area contributed by atoms with E-state index in [9.17, 15) is 13.6 Å². The van der Waals surface area contributed by atoms with E-state index in [0.717, 1.165) is 30.4 Å². The van der Waals surface area contributed by atoms with Crippen molar-refractivity contribution in [1.29, 1.82) is 0 Å². The van der Waals surface area contributed by atoms with Crippen LogP contribution in [0.25, 0.3) is 0 Å². The molecule has 1 aliphatic rings. The van der Waals surface area contributed by atoms with Crippen LogP contribution in [0.4, 0.5) is 13.6 Å². The second-order valence-electron chi connectivity index (χ2n) is 5.59. The van der Waals surface area contributed by atoms with Crippen LogP contribution >= 0.6 is 0 Å². The van der Waals surface area contributed by atoms with Crippen LogP contribution in [0.15, 0.2) is 30.9 Å². The van der Waals surface area contributed by atoms with E-state index in [1.54, 1.807) is 18.2 Å². The highest BCUT2D eigenvalue weighted by Crippen LogP contribution is 2.32. The number of aryl methyl sites for hydroxylation is 1. The lowest BCUT2D eigenvalue weighted by molar-refractivity contribution is -0.0499. The van der Waals surface area contributed by atoms with Crippen molar-refractivity contribution in [1.82, 2.24) is 10.2 Å². The number of hydrogen-bond acceptors (Lipinski definition) is 3. The molecule has 7 heteroatoms. The lowest BCUT2D eigenvalue weighted by Crippen LogP contribution is -2.43. The Kier molecular flexibility index (Phi) is 6.54. The van der Waals surface area contributed by atoms with Gasteiger partial charge in [0.05, 0.1) is 12.6 Å². The average molecular weight is 340 g/mol. The van der Waals surface area contributed by atoms with Crippen molar-refractivity contribution in [3.63, 3.8) is 0 Å². The van der Waals surface area contributed by atoms with E-state index in [0.29, 0.717) is 6.54 Å². The first-order valence-corrected chi connectivity index (χ1v) is 7.90. The molecule has 1 unspecified atom stereocenters. The number of aliphatic hydroxyl groups is 1. The Morgan fingerprint density at radius 2 is 2.33 bits per heavy atom. The molecule has 0 radical (unpaired) electrons. The highest BCUT2D eigenvalue weighted by Gasteiger charge is 2.24. The minimum atomic E-state index is -2.85. The Morgan fingerprint density at radius 1 is 1.54 bits per heavy atom. The average Bonchev–Trinajstić information content (AvgIpc) is 2.54. The van der Waals surface area contributed by atoms with Crippen LogP contribution in [-0.4, -0.2) is 42.3 Å². The highest BCUT2D eigenvalue weighted by molar-refractivity contribution is 5.75. The Balaban J connectivity index is 2.11. The maximum Gasteiger partial charge on any atom is 0.387 e. The quantitative estimate of drug-likeness (QED) is 0.751. The molecule has 0 saturated heterocycles. The fraction of sp³-hybridized carbons (Fsp3) is 0.471. The van der Waals surface area contributed by atoms with Crippen molar-refractivity contribution in [2.75, 3.05) is 19.7 Å². The van der Waals surface area contributed by atoms with Crippen LogP contribution in [0.5, 0.6) is 5.75 Å². The minimum Gasteiger partial charge on any atom is -0.435 e. The number of benzene rings is 1. The number of ether oxygens (including phenoxy) is 1. The van der Waals surface area contributed by atoms with Gasteiger partial charge in [-0.25, -0.2) is 4.79 Å². The van der Waals surface area contributed by atoms with Gasteiger partial charge >= 0.3 is 12.6 Å². The van der Waals surface area contributed by atoms with Gasteiger partial charge in [-0.2, -0.15) is 8.78 Å². The van der Waals surface area contributed by atoms with Gasteiger partial charge in [0, 0.05) is 13.1 Å². The van der Waals surface area contributed by atoms with Gasteiger partial charge in [-0.15, -0.1) is 6.58 Å². The normalized spacial score (nSPS) is 16.4. The molecule has 5 nitrogen and oxygen atoms in total. The Bertz CT molecular complexity index is 581. The number of amides is 2. The molecule has 1 aliphatic carbocycles. The third-order valence-corrected chi connectivity index (χ3v) is 3.96. The SMILES string of the molecule is C=CCN(CCO)C(=O)NC1CCCc2cc(OC(F)F)ccc21. The first kappa shape index (κ1) is 18.2. The number of alkyl halides is 2. The molecule has 2 rings (SSSR count). The third kappa shape index (κ3) is 4.67. The van der Waals surface area contributed by atoms with E-state index in [-0.39, 0.29) is 31.0 Å². The van der Waals surface area contributed by atoms with Crippen molar-refractivity contribution in [2.24, 2.45) is 0 Å². The number of carbonyl (C=O) groups excluding carboxylic acids is 1. The van der Waals surface area contributed by atoms with Crippen molar-refractivity contribution >= 4 is 6.03 Å². The number of halogens is 2. The molecule has 0 heterocycles. The number of nitrogens with one attached hydrogen (secondary N) is 1. The maximum atomic E-state index is 12.3. The van der Waals surface area contributed by atoms with Gasteiger partial charge in [-0.1, -0.05) is 12.1 Å². The summed E-state index contributed by atoms with van der Waals surface area (Å²) < 4.78 is 29.1. The van der Waals surface area contributed by atoms with E-state index < -0.39 is 6.61 Å². The van der Waals surface area contributed by atoms with Crippen LogP contribution in [-0.2, 0) is 6.42 Å². The molecule has 0 saturated carbocycles. The van der Waals surface area contributed by atoms with Crippen LogP contribution < -0.4 is 10.1 Å². The maximum absolute atomic E-state index is 12.3. The molecule has 0 bridgehead atoms. The molecule has 1 atom stereocenters. The minimum absolute atomic E-state index is 0.128. The number of rotatable bonds is 7. The fourth-order valence-corrected chi connectivity index (χ4v) is 2.91. The van der Waals surface area contributed by atoms with Crippen LogP contribution in [0, 0.1) is 0 Å². The standard InChI is InChI=1S/C17H22F2N2O3/c1-2-8-21(9-10-22)17(23)20-15-5-3-4-12-11-13(24-16(18)19)6-7-14(12)15/h2,6-7,11,15-16,22H,1,3-5,8-10H2,(H,20,23). The van der Waals surface area contributed by atoms with E-state index in [1.807, 2.05) is 0 Å². The number of fused-ring (bicyclic) bond motifs is 1. The Labute approximate surface area is 139 Å². The number of aliphatic hydroxyl groups excluding tert-OH is 1. The summed E-state index contributed by atoms with van der Waals surface area (Å²) in [5.41, 5.74) is 1.82. The van der Waals surface area contributed by atoms with Crippen LogP contribution in [0.1, 0.15) is 30.0 Å². The van der Waals surface area contributed by atoms with Crippen LogP contribution in [0.2, 0.25) is 0 Å². The van der Waals surface area contributed by atoms with Gasteiger partial charge in [-0.05, 0) is 42.5 Å². The zero-order chi connectivity index (χ0) is 17.5. The highest BCUT2D eigenvalue weighted by atomic mass is 19.3. The molecule has 0 spiro atoms. The predicted molar refractivity (Wildman–Crippen MR) is 86.1 cm³/mol. The summed E-state index contributed by atoms with van der Waals surface area (Å²) in [6.45, 7) is 1.18. The van der Waals surface area contributed by atoms with Gasteiger partial charge < -0.3 is 20.1 Å². The van der Waals surface area contributed by atoms with E-state index >= 15 is 0 Å². The third-order valence-electron chi connectivity index (χ3n) is 3.96. The Hall–Kier alpha value is -2.15. The van der Waals surface area contributed by atoms with E-state index in [1.165, 1.54) is 11.0 Å². The molecule has 0 aliphatic heterocycles. The lowest BCUT2D eigenvalue weighted by atomic mass is 9.87. The largest absolute Gasteiger partial charge is 0.435 e. The van der Waals surface area contributed by atoms with Gasteiger partial charge in [0.1, 0.15) is 5.75 Å². The van der Waals surface area contributed by atoms with Crippen molar-refractivity contribution < 1.29 is 23.4 Å². The fourth-order valence-electron chi connectivity index (χ4n) is 2.91. The zero-order valence-electron chi connectivity index (χ0n) is 13.4.